The molecule has 0 aliphatic heterocycles. The minimum Gasteiger partial charge on any atom is -0.497 e. The fraction of sp³-hybridized carbons (Fsp3) is 0.100. The molecule has 0 aliphatic rings. The van der Waals surface area contributed by atoms with Gasteiger partial charge in [-0.25, -0.2) is 15.0 Å². The number of halogens is 3. The number of imidazole rings is 1. The van der Waals surface area contributed by atoms with E-state index in [-0.39, 0.29) is 22.7 Å². The van der Waals surface area contributed by atoms with Gasteiger partial charge in [-0.1, -0.05) is 0 Å². The molecule has 7 nitrogen and oxygen atoms in total. The van der Waals surface area contributed by atoms with Gasteiger partial charge >= 0.3 is 6.18 Å². The van der Waals surface area contributed by atoms with E-state index in [1.165, 1.54) is 31.5 Å². The number of anilines is 1. The van der Waals surface area contributed by atoms with Crippen LogP contribution in [0.2, 0.25) is 0 Å². The Labute approximate surface area is 179 Å². The fourth-order valence-electron chi connectivity index (χ4n) is 2.91. The molecular weight excluding hydrogens is 431 g/mol. The van der Waals surface area contributed by atoms with Crippen molar-refractivity contribution < 1.29 is 22.7 Å². The SMILES string of the molecule is COc1ccc2c(c1)nc(C(F)(F)F)n2-c1cnc(NC(=O)c2ccc(S)cc2)cn1. The molecule has 4 aromatic rings. The average molecular weight is 445 g/mol. The number of rotatable bonds is 4. The van der Waals surface area contributed by atoms with Crippen LogP contribution in [0.25, 0.3) is 16.9 Å². The van der Waals surface area contributed by atoms with E-state index in [4.69, 9.17) is 4.74 Å². The quantitative estimate of drug-likeness (QED) is 0.456. The first kappa shape index (κ1) is 20.7. The molecule has 0 fully saturated rings. The maximum atomic E-state index is 13.6. The lowest BCUT2D eigenvalue weighted by Crippen LogP contribution is -2.16. The van der Waals surface area contributed by atoms with Crippen molar-refractivity contribution in [1.29, 1.82) is 0 Å². The van der Waals surface area contributed by atoms with Gasteiger partial charge in [-0.05, 0) is 36.4 Å². The van der Waals surface area contributed by atoms with Crippen molar-refractivity contribution in [2.45, 2.75) is 11.1 Å². The number of alkyl halides is 3. The number of thiol groups is 1. The molecule has 0 bridgehead atoms. The average Bonchev–Trinajstić information content (AvgIpc) is 3.14. The molecule has 0 spiro atoms. The van der Waals surface area contributed by atoms with E-state index in [0.29, 0.717) is 16.2 Å². The highest BCUT2D eigenvalue weighted by Crippen LogP contribution is 2.34. The van der Waals surface area contributed by atoms with Crippen molar-refractivity contribution >= 4 is 35.4 Å². The molecule has 1 amide bonds. The normalized spacial score (nSPS) is 11.5. The van der Waals surface area contributed by atoms with Crippen molar-refractivity contribution in [2.24, 2.45) is 0 Å². The maximum absolute atomic E-state index is 13.6. The zero-order chi connectivity index (χ0) is 22.2. The predicted molar refractivity (Wildman–Crippen MR) is 110 cm³/mol. The van der Waals surface area contributed by atoms with Gasteiger partial charge in [0.25, 0.3) is 5.91 Å². The first-order chi connectivity index (χ1) is 14.8. The van der Waals surface area contributed by atoms with Gasteiger partial charge in [0.2, 0.25) is 5.82 Å². The standard InChI is InChI=1S/C20H14F3N5O2S/c1-30-12-4-7-15-14(8-12)26-19(20(21,22)23)28(15)17-10-24-16(9-25-17)27-18(29)11-2-5-13(31)6-3-11/h2-10,31H,1H3,(H,24,27,29). The number of carbonyl (C=O) groups excluding carboxylic acids is 1. The van der Waals surface area contributed by atoms with Gasteiger partial charge in [0.1, 0.15) is 5.75 Å². The molecule has 2 aromatic carbocycles. The van der Waals surface area contributed by atoms with Crippen LogP contribution >= 0.6 is 12.6 Å². The second-order valence-electron chi connectivity index (χ2n) is 6.38. The zero-order valence-electron chi connectivity index (χ0n) is 15.9. The molecule has 0 atom stereocenters. The molecule has 2 aromatic heterocycles. The van der Waals surface area contributed by atoms with Crippen LogP contribution < -0.4 is 10.1 Å². The Morgan fingerprint density at radius 1 is 1.10 bits per heavy atom. The van der Waals surface area contributed by atoms with Crippen molar-refractivity contribution in [3.8, 4) is 11.6 Å². The molecule has 158 valence electrons. The molecule has 2 heterocycles. The van der Waals surface area contributed by atoms with Crippen molar-refractivity contribution in [3.63, 3.8) is 0 Å². The summed E-state index contributed by atoms with van der Waals surface area (Å²) in [6.45, 7) is 0. The highest BCUT2D eigenvalue weighted by Gasteiger charge is 2.38. The summed E-state index contributed by atoms with van der Waals surface area (Å²) >= 11 is 4.16. The smallest absolute Gasteiger partial charge is 0.450 e. The Kier molecular flexibility index (Phi) is 5.27. The Bertz CT molecular complexity index is 1260. The summed E-state index contributed by atoms with van der Waals surface area (Å²) in [4.78, 5) is 24.8. The lowest BCUT2D eigenvalue weighted by molar-refractivity contribution is -0.145. The Balaban J connectivity index is 1.68. The number of carbonyl (C=O) groups is 1. The molecule has 31 heavy (non-hydrogen) atoms. The molecule has 0 saturated heterocycles. The first-order valence-corrected chi connectivity index (χ1v) is 9.27. The third-order valence-corrected chi connectivity index (χ3v) is 4.65. The van der Waals surface area contributed by atoms with Crippen LogP contribution in [-0.2, 0) is 6.18 Å². The van der Waals surface area contributed by atoms with Gasteiger partial charge in [-0.2, -0.15) is 13.2 Å². The third-order valence-electron chi connectivity index (χ3n) is 4.35. The Morgan fingerprint density at radius 2 is 1.84 bits per heavy atom. The van der Waals surface area contributed by atoms with Crippen LogP contribution in [0.3, 0.4) is 0 Å². The second-order valence-corrected chi connectivity index (χ2v) is 6.90. The molecule has 0 unspecified atom stereocenters. The monoisotopic (exact) mass is 445 g/mol. The number of nitrogens with zero attached hydrogens (tertiary/aromatic N) is 4. The largest absolute Gasteiger partial charge is 0.497 e. The van der Waals surface area contributed by atoms with Crippen LogP contribution in [0.5, 0.6) is 5.75 Å². The van der Waals surface area contributed by atoms with Gasteiger partial charge in [-0.3, -0.25) is 9.36 Å². The summed E-state index contributed by atoms with van der Waals surface area (Å²) in [5.74, 6) is -1.22. The lowest BCUT2D eigenvalue weighted by Gasteiger charge is -2.11. The summed E-state index contributed by atoms with van der Waals surface area (Å²) in [5.41, 5.74) is 0.655. The zero-order valence-corrected chi connectivity index (χ0v) is 16.8. The summed E-state index contributed by atoms with van der Waals surface area (Å²) < 4.78 is 46.7. The predicted octanol–water partition coefficient (Wildman–Crippen LogP) is 4.38. The minimum atomic E-state index is -4.72. The number of fused-ring (bicyclic) bond motifs is 1. The van der Waals surface area contributed by atoms with Crippen LogP contribution in [0.4, 0.5) is 19.0 Å². The van der Waals surface area contributed by atoms with E-state index < -0.39 is 17.9 Å². The Morgan fingerprint density at radius 3 is 2.45 bits per heavy atom. The molecular formula is C20H14F3N5O2S. The number of benzene rings is 2. The number of nitrogens with one attached hydrogen (secondary N) is 1. The Hall–Kier alpha value is -3.60. The summed E-state index contributed by atoms with van der Waals surface area (Å²) in [5, 5.41) is 2.55. The molecule has 0 aliphatic carbocycles. The lowest BCUT2D eigenvalue weighted by atomic mass is 10.2. The van der Waals surface area contributed by atoms with Crippen molar-refractivity contribution in [1.82, 2.24) is 19.5 Å². The van der Waals surface area contributed by atoms with Crippen molar-refractivity contribution in [3.05, 3.63) is 66.2 Å². The van der Waals surface area contributed by atoms with E-state index in [1.54, 1.807) is 24.3 Å². The number of aromatic nitrogens is 4. The first-order valence-electron chi connectivity index (χ1n) is 8.83. The number of hydrogen-bond acceptors (Lipinski definition) is 6. The van der Waals surface area contributed by atoms with Crippen LogP contribution in [0, 0.1) is 0 Å². The third kappa shape index (κ3) is 4.17. The van der Waals surface area contributed by atoms with Crippen LogP contribution in [-0.4, -0.2) is 32.5 Å². The van der Waals surface area contributed by atoms with Gasteiger partial charge in [-0.15, -0.1) is 12.6 Å². The van der Waals surface area contributed by atoms with Crippen molar-refractivity contribution in [2.75, 3.05) is 12.4 Å². The number of methoxy groups -OCH3 is 1. The molecule has 4 rings (SSSR count). The number of ether oxygens (including phenoxy) is 1. The highest BCUT2D eigenvalue weighted by molar-refractivity contribution is 7.80. The molecule has 11 heteroatoms. The number of amides is 1. The topological polar surface area (TPSA) is 81.9 Å². The van der Waals surface area contributed by atoms with Gasteiger partial charge in [0.05, 0.1) is 30.5 Å². The van der Waals surface area contributed by atoms with E-state index >= 15 is 0 Å². The van der Waals surface area contributed by atoms with E-state index in [9.17, 15) is 18.0 Å². The van der Waals surface area contributed by atoms with E-state index in [2.05, 4.69) is 32.9 Å². The minimum absolute atomic E-state index is 0.0864. The fourth-order valence-corrected chi connectivity index (χ4v) is 3.06. The van der Waals surface area contributed by atoms with Crippen LogP contribution in [0.15, 0.2) is 59.8 Å². The molecule has 0 radical (unpaired) electrons. The van der Waals surface area contributed by atoms with E-state index in [0.717, 1.165) is 10.8 Å². The summed E-state index contributed by atoms with van der Waals surface area (Å²) in [7, 11) is 1.41. The molecule has 1 N–H and O–H groups in total. The second kappa shape index (κ2) is 7.91. The maximum Gasteiger partial charge on any atom is 0.450 e. The van der Waals surface area contributed by atoms with Gasteiger partial charge in [0.15, 0.2) is 11.6 Å². The summed E-state index contributed by atoms with van der Waals surface area (Å²) in [6.07, 6.45) is -2.41. The van der Waals surface area contributed by atoms with Gasteiger partial charge < -0.3 is 10.1 Å². The number of hydrogen-bond donors (Lipinski definition) is 2. The highest BCUT2D eigenvalue weighted by atomic mass is 32.1. The van der Waals surface area contributed by atoms with Crippen LogP contribution in [0.1, 0.15) is 16.2 Å². The van der Waals surface area contributed by atoms with Gasteiger partial charge in [0, 0.05) is 16.5 Å². The van der Waals surface area contributed by atoms with E-state index in [1.807, 2.05) is 0 Å². The molecule has 0 saturated carbocycles. The summed E-state index contributed by atoms with van der Waals surface area (Å²) in [6, 6.07) is 10.9.